The van der Waals surface area contributed by atoms with Crippen molar-refractivity contribution in [1.82, 2.24) is 14.8 Å². The van der Waals surface area contributed by atoms with Gasteiger partial charge in [-0.25, -0.2) is 4.39 Å². The average molecular weight is 407 g/mol. The van der Waals surface area contributed by atoms with Gasteiger partial charge in [-0.15, -0.1) is 10.2 Å². The summed E-state index contributed by atoms with van der Waals surface area (Å²) in [7, 11) is 0. The Balaban J connectivity index is 1.61. The van der Waals surface area contributed by atoms with E-state index in [-0.39, 0.29) is 11.5 Å². The molecule has 0 saturated carbocycles. The van der Waals surface area contributed by atoms with Crippen LogP contribution in [0.25, 0.3) is 11.4 Å². The van der Waals surface area contributed by atoms with E-state index in [2.05, 4.69) is 10.2 Å². The van der Waals surface area contributed by atoms with Gasteiger partial charge in [0.25, 0.3) is 0 Å². The van der Waals surface area contributed by atoms with Crippen molar-refractivity contribution in [1.29, 1.82) is 0 Å². The van der Waals surface area contributed by atoms with Crippen LogP contribution in [0.2, 0.25) is 0 Å². The Bertz CT molecular complexity index is 1140. The number of aryl methyl sites for hydroxylation is 1. The summed E-state index contributed by atoms with van der Waals surface area (Å²) in [6.45, 7) is 2.46. The molecule has 0 fully saturated rings. The maximum Gasteiger partial charge on any atom is 0.192 e. The SMILES string of the molecule is Cc1cccc(-c2nnc(SCC(=O)c3cccc(F)c3)n2Cc2ccco2)c1. The molecule has 0 unspecified atom stereocenters. The maximum atomic E-state index is 13.4. The molecule has 7 heteroatoms. The maximum absolute atomic E-state index is 13.4. The highest BCUT2D eigenvalue weighted by molar-refractivity contribution is 7.99. The van der Waals surface area contributed by atoms with Crippen molar-refractivity contribution in [2.75, 3.05) is 5.75 Å². The first kappa shape index (κ1) is 19.1. The van der Waals surface area contributed by atoms with Crippen molar-refractivity contribution in [3.8, 4) is 11.4 Å². The number of ketones is 1. The molecule has 0 atom stereocenters. The molecule has 0 radical (unpaired) electrons. The predicted molar refractivity (Wildman–Crippen MR) is 109 cm³/mol. The van der Waals surface area contributed by atoms with E-state index in [1.54, 1.807) is 12.3 Å². The molecule has 2 heterocycles. The van der Waals surface area contributed by atoms with E-state index >= 15 is 0 Å². The molecule has 29 heavy (non-hydrogen) atoms. The molecule has 0 N–H and O–H groups in total. The number of aromatic nitrogens is 3. The quantitative estimate of drug-likeness (QED) is 0.318. The van der Waals surface area contributed by atoms with Crippen LogP contribution in [0.1, 0.15) is 21.7 Å². The smallest absolute Gasteiger partial charge is 0.192 e. The molecule has 0 spiro atoms. The Labute approximate surface area is 171 Å². The van der Waals surface area contributed by atoms with Gasteiger partial charge in [0.15, 0.2) is 16.8 Å². The summed E-state index contributed by atoms with van der Waals surface area (Å²) in [6, 6.07) is 17.4. The highest BCUT2D eigenvalue weighted by Gasteiger charge is 2.17. The van der Waals surface area contributed by atoms with Gasteiger partial charge in [-0.1, -0.05) is 47.7 Å². The summed E-state index contributed by atoms with van der Waals surface area (Å²) < 4.78 is 20.8. The zero-order valence-electron chi connectivity index (χ0n) is 15.7. The molecule has 0 aliphatic heterocycles. The third kappa shape index (κ3) is 4.46. The summed E-state index contributed by atoms with van der Waals surface area (Å²) in [5.74, 6) is 0.999. The minimum absolute atomic E-state index is 0.132. The predicted octanol–water partition coefficient (Wildman–Crippen LogP) is 5.01. The third-order valence-corrected chi connectivity index (χ3v) is 5.33. The fourth-order valence-corrected chi connectivity index (χ4v) is 3.80. The molecule has 4 rings (SSSR count). The van der Waals surface area contributed by atoms with Gasteiger partial charge in [-0.05, 0) is 37.3 Å². The van der Waals surface area contributed by atoms with Gasteiger partial charge in [-0.2, -0.15) is 0 Å². The fourth-order valence-electron chi connectivity index (χ4n) is 2.97. The number of benzene rings is 2. The van der Waals surface area contributed by atoms with Crippen molar-refractivity contribution in [3.63, 3.8) is 0 Å². The molecule has 2 aromatic carbocycles. The molecule has 0 saturated heterocycles. The zero-order chi connectivity index (χ0) is 20.2. The highest BCUT2D eigenvalue weighted by atomic mass is 32.2. The lowest BCUT2D eigenvalue weighted by Gasteiger charge is -2.09. The molecule has 0 bridgehead atoms. The highest BCUT2D eigenvalue weighted by Crippen LogP contribution is 2.26. The monoisotopic (exact) mass is 407 g/mol. The average Bonchev–Trinajstić information content (AvgIpc) is 3.36. The zero-order valence-corrected chi connectivity index (χ0v) is 16.5. The molecule has 2 aromatic heterocycles. The van der Waals surface area contributed by atoms with E-state index in [0.717, 1.165) is 16.9 Å². The van der Waals surface area contributed by atoms with E-state index in [1.807, 2.05) is 47.9 Å². The Kier molecular flexibility index (Phi) is 5.57. The van der Waals surface area contributed by atoms with Crippen LogP contribution < -0.4 is 0 Å². The first-order valence-corrected chi connectivity index (χ1v) is 10.0. The summed E-state index contributed by atoms with van der Waals surface area (Å²) in [6.07, 6.45) is 1.62. The molecule has 5 nitrogen and oxygen atoms in total. The standard InChI is InChI=1S/C22H18FN3O2S/c1-15-5-2-7-17(11-15)21-24-25-22(26(21)13-19-9-4-10-28-19)29-14-20(27)16-6-3-8-18(23)12-16/h2-12H,13-14H2,1H3. The second-order valence-corrected chi connectivity index (χ2v) is 7.51. The third-order valence-electron chi connectivity index (χ3n) is 4.37. The van der Waals surface area contributed by atoms with Crippen molar-refractivity contribution in [2.45, 2.75) is 18.6 Å². The van der Waals surface area contributed by atoms with E-state index in [1.165, 1.54) is 30.0 Å². The summed E-state index contributed by atoms with van der Waals surface area (Å²) in [5, 5.41) is 9.25. The number of hydrogen-bond acceptors (Lipinski definition) is 5. The van der Waals surface area contributed by atoms with Crippen molar-refractivity contribution in [2.24, 2.45) is 0 Å². The summed E-state index contributed by atoms with van der Waals surface area (Å²) in [4.78, 5) is 12.5. The number of rotatable bonds is 7. The van der Waals surface area contributed by atoms with E-state index in [9.17, 15) is 9.18 Å². The first-order chi connectivity index (χ1) is 14.1. The lowest BCUT2D eigenvalue weighted by Crippen LogP contribution is -2.07. The van der Waals surface area contributed by atoms with Crippen LogP contribution in [-0.4, -0.2) is 26.3 Å². The van der Waals surface area contributed by atoms with Crippen LogP contribution in [0.15, 0.2) is 76.5 Å². The van der Waals surface area contributed by atoms with E-state index < -0.39 is 5.82 Å². The number of nitrogens with zero attached hydrogens (tertiary/aromatic N) is 3. The number of carbonyl (C=O) groups excluding carboxylic acids is 1. The second kappa shape index (κ2) is 8.45. The largest absolute Gasteiger partial charge is 0.467 e. The topological polar surface area (TPSA) is 60.9 Å². The Morgan fingerprint density at radius 2 is 1.97 bits per heavy atom. The van der Waals surface area contributed by atoms with E-state index in [4.69, 9.17) is 4.42 Å². The van der Waals surface area contributed by atoms with Crippen LogP contribution in [0.3, 0.4) is 0 Å². The number of carbonyl (C=O) groups is 1. The molecule has 0 aliphatic rings. The first-order valence-electron chi connectivity index (χ1n) is 9.04. The molecule has 146 valence electrons. The summed E-state index contributed by atoms with van der Waals surface area (Å²) >= 11 is 1.27. The van der Waals surface area contributed by atoms with Gasteiger partial charge in [0.1, 0.15) is 11.6 Å². The Morgan fingerprint density at radius 1 is 1.10 bits per heavy atom. The molecular formula is C22H18FN3O2S. The Hall–Kier alpha value is -3.19. The molecule has 0 aliphatic carbocycles. The van der Waals surface area contributed by atoms with Crippen LogP contribution in [0.5, 0.6) is 0 Å². The van der Waals surface area contributed by atoms with Crippen LogP contribution in [-0.2, 0) is 6.54 Å². The summed E-state index contributed by atoms with van der Waals surface area (Å²) in [5.41, 5.74) is 2.39. The molecular weight excluding hydrogens is 389 g/mol. The number of halogens is 1. The van der Waals surface area contributed by atoms with Crippen LogP contribution >= 0.6 is 11.8 Å². The van der Waals surface area contributed by atoms with Crippen LogP contribution in [0.4, 0.5) is 4.39 Å². The van der Waals surface area contributed by atoms with Crippen LogP contribution in [0, 0.1) is 12.7 Å². The molecule has 4 aromatic rings. The van der Waals surface area contributed by atoms with Gasteiger partial charge in [-0.3, -0.25) is 9.36 Å². The fraction of sp³-hybridized carbons (Fsp3) is 0.136. The normalized spacial score (nSPS) is 11.0. The Morgan fingerprint density at radius 3 is 2.72 bits per heavy atom. The minimum Gasteiger partial charge on any atom is -0.467 e. The number of hydrogen-bond donors (Lipinski definition) is 0. The van der Waals surface area contributed by atoms with Gasteiger partial charge in [0.2, 0.25) is 0 Å². The van der Waals surface area contributed by atoms with Gasteiger partial charge in [0, 0.05) is 11.1 Å². The van der Waals surface area contributed by atoms with Crippen molar-refractivity contribution in [3.05, 3.63) is 89.6 Å². The van der Waals surface area contributed by atoms with Crippen molar-refractivity contribution < 1.29 is 13.6 Å². The van der Waals surface area contributed by atoms with E-state index in [0.29, 0.717) is 23.1 Å². The lowest BCUT2D eigenvalue weighted by atomic mass is 10.1. The van der Waals surface area contributed by atoms with Gasteiger partial charge in [0.05, 0.1) is 18.6 Å². The number of Topliss-reactive ketones (excluding diaryl/α,β-unsaturated/α-hetero) is 1. The van der Waals surface area contributed by atoms with Crippen molar-refractivity contribution >= 4 is 17.5 Å². The second-order valence-electron chi connectivity index (χ2n) is 6.56. The molecule has 0 amide bonds. The number of thioether (sulfide) groups is 1. The van der Waals surface area contributed by atoms with Gasteiger partial charge < -0.3 is 4.42 Å². The van der Waals surface area contributed by atoms with Gasteiger partial charge >= 0.3 is 0 Å². The minimum atomic E-state index is -0.427. The lowest BCUT2D eigenvalue weighted by molar-refractivity contribution is 0.102. The number of furan rings is 1.